The first-order valence-electron chi connectivity index (χ1n) is 6.62. The van der Waals surface area contributed by atoms with Gasteiger partial charge in [-0.2, -0.15) is 0 Å². The molecule has 0 amide bonds. The molecule has 0 spiro atoms. The van der Waals surface area contributed by atoms with E-state index in [0.29, 0.717) is 0 Å². The van der Waals surface area contributed by atoms with Gasteiger partial charge in [-0.05, 0) is 0 Å². The van der Waals surface area contributed by atoms with Crippen LogP contribution in [0, 0.1) is 4.91 Å². The SMILES string of the molecule is CCc1cc(S(C)(C)ON=O)cc([CH]=[Ru]([Cl])[Cl])c1OC(C)C. The molecule has 1 aromatic rings. The Hall–Kier alpha value is -0.157. The van der Waals surface area contributed by atoms with Crippen LogP contribution in [0.4, 0.5) is 0 Å². The molecule has 22 heavy (non-hydrogen) atoms. The molecular formula is C14H21Cl2NO3RuS. The van der Waals surface area contributed by atoms with Gasteiger partial charge in [-0.25, -0.2) is 0 Å². The molecule has 4 nitrogen and oxygen atoms in total. The second kappa shape index (κ2) is 8.63. The van der Waals surface area contributed by atoms with Crippen LogP contribution in [-0.4, -0.2) is 23.2 Å². The maximum absolute atomic E-state index is 10.5. The number of hydrogen-bond acceptors (Lipinski definition) is 4. The average molecular weight is 455 g/mol. The molecule has 1 aromatic carbocycles. The zero-order chi connectivity index (χ0) is 16.9. The van der Waals surface area contributed by atoms with Gasteiger partial charge in [-0.3, -0.25) is 0 Å². The van der Waals surface area contributed by atoms with Crippen LogP contribution < -0.4 is 4.74 Å². The quantitative estimate of drug-likeness (QED) is 0.325. The molecule has 0 saturated heterocycles. The summed E-state index contributed by atoms with van der Waals surface area (Å²) < 4.78 is 12.9. The molecule has 128 valence electrons. The molecule has 1 rings (SSSR count). The number of aryl methyl sites for hydroxylation is 1. The average Bonchev–Trinajstić information content (AvgIpc) is 2.39. The number of halogens is 2. The van der Waals surface area contributed by atoms with E-state index in [0.717, 1.165) is 28.2 Å². The van der Waals surface area contributed by atoms with Gasteiger partial charge in [0.25, 0.3) is 0 Å². The molecular weight excluding hydrogens is 434 g/mol. The zero-order valence-corrected chi connectivity index (χ0v) is 17.3. The maximum atomic E-state index is 10.5. The Labute approximate surface area is 146 Å². The monoisotopic (exact) mass is 455 g/mol. The fraction of sp³-hybridized carbons (Fsp3) is 0.500. The molecule has 0 radical (unpaired) electrons. The summed E-state index contributed by atoms with van der Waals surface area (Å²) in [5, 5.41) is 2.60. The predicted octanol–water partition coefficient (Wildman–Crippen LogP) is 5.15. The molecule has 8 heteroatoms. The van der Waals surface area contributed by atoms with E-state index < -0.39 is 23.8 Å². The third-order valence-electron chi connectivity index (χ3n) is 2.87. The summed E-state index contributed by atoms with van der Waals surface area (Å²) in [5.41, 5.74) is 1.90. The number of nitrogens with zero attached hydrogens (tertiary/aromatic N) is 1. The molecule has 0 aliphatic carbocycles. The van der Waals surface area contributed by atoms with Crippen LogP contribution in [0.3, 0.4) is 0 Å². The Morgan fingerprint density at radius 2 is 2.00 bits per heavy atom. The van der Waals surface area contributed by atoms with E-state index in [9.17, 15) is 4.91 Å². The van der Waals surface area contributed by atoms with Crippen molar-refractivity contribution < 1.29 is 22.5 Å². The Bertz CT molecular complexity index is 575. The first-order valence-corrected chi connectivity index (χ1v) is 14.5. The fourth-order valence-corrected chi connectivity index (χ4v) is 4.73. The Balaban J connectivity index is 3.53. The van der Waals surface area contributed by atoms with Crippen molar-refractivity contribution in [1.29, 1.82) is 0 Å². The minimum atomic E-state index is -2.01. The van der Waals surface area contributed by atoms with Crippen molar-refractivity contribution in [1.82, 2.24) is 0 Å². The van der Waals surface area contributed by atoms with Crippen LogP contribution in [0.15, 0.2) is 22.4 Å². The summed E-state index contributed by atoms with van der Waals surface area (Å²) in [6, 6.07) is 3.94. The molecule has 0 aromatic heterocycles. The first kappa shape index (κ1) is 19.9. The standard InChI is InChI=1S/C14H21NO3S.2ClH.Ru/c1-7-12-9-13(19(5,6)18-15-16)8-11(4)14(12)17-10(2)3;;;/h4,8-10H,7H2,1-3,5-6H3;2*1H;/q;;;+2/p-2. The van der Waals surface area contributed by atoms with E-state index in [2.05, 4.69) is 5.34 Å². The van der Waals surface area contributed by atoms with Gasteiger partial charge in [0.2, 0.25) is 0 Å². The second-order valence-electron chi connectivity index (χ2n) is 5.21. The van der Waals surface area contributed by atoms with Crippen LogP contribution in [-0.2, 0) is 24.2 Å². The molecule has 0 fully saturated rings. The van der Waals surface area contributed by atoms with Crippen LogP contribution in [0.25, 0.3) is 0 Å². The molecule has 0 bridgehead atoms. The Morgan fingerprint density at radius 3 is 2.45 bits per heavy atom. The van der Waals surface area contributed by atoms with E-state index in [-0.39, 0.29) is 6.10 Å². The minimum absolute atomic E-state index is 0.0443. The van der Waals surface area contributed by atoms with E-state index in [4.69, 9.17) is 28.4 Å². The van der Waals surface area contributed by atoms with E-state index in [1.807, 2.05) is 50.0 Å². The fourth-order valence-electron chi connectivity index (χ4n) is 1.89. The van der Waals surface area contributed by atoms with Gasteiger partial charge in [-0.15, -0.1) is 0 Å². The van der Waals surface area contributed by atoms with Gasteiger partial charge < -0.3 is 0 Å². The molecule has 0 atom stereocenters. The van der Waals surface area contributed by atoms with Crippen molar-refractivity contribution in [3.8, 4) is 5.75 Å². The normalized spacial score (nSPS) is 12.8. The number of ether oxygens (including phenoxy) is 1. The summed E-state index contributed by atoms with van der Waals surface area (Å²) >= 11 is -2.01. The number of hydrogen-bond donors (Lipinski definition) is 0. The van der Waals surface area contributed by atoms with Gasteiger partial charge >= 0.3 is 147 Å². The Kier molecular flexibility index (Phi) is 7.80. The number of benzene rings is 1. The summed E-state index contributed by atoms with van der Waals surface area (Å²) in [6.45, 7) is 6.00. The topological polar surface area (TPSA) is 47.9 Å². The predicted molar refractivity (Wildman–Crippen MR) is 93.0 cm³/mol. The third-order valence-corrected chi connectivity index (χ3v) is 6.51. The molecule has 0 aliphatic heterocycles. The van der Waals surface area contributed by atoms with Crippen molar-refractivity contribution in [3.05, 3.63) is 28.2 Å². The summed E-state index contributed by atoms with van der Waals surface area (Å²) in [4.78, 5) is 11.4. The molecule has 0 aliphatic rings. The van der Waals surface area contributed by atoms with Crippen LogP contribution in [0.5, 0.6) is 5.75 Å². The van der Waals surface area contributed by atoms with Crippen molar-refractivity contribution >= 4 is 34.3 Å². The van der Waals surface area contributed by atoms with Gasteiger partial charge in [0.05, 0.1) is 0 Å². The zero-order valence-electron chi connectivity index (χ0n) is 13.2. The first-order chi connectivity index (χ1) is 10.2. The van der Waals surface area contributed by atoms with Crippen molar-refractivity contribution in [3.63, 3.8) is 0 Å². The summed E-state index contributed by atoms with van der Waals surface area (Å²) in [5.74, 6) is 0.801. The van der Waals surface area contributed by atoms with Gasteiger partial charge in [0, 0.05) is 0 Å². The van der Waals surface area contributed by atoms with Crippen molar-refractivity contribution in [2.24, 2.45) is 5.34 Å². The molecule has 0 saturated carbocycles. The number of rotatable bonds is 7. The van der Waals surface area contributed by atoms with Gasteiger partial charge in [0.15, 0.2) is 0 Å². The van der Waals surface area contributed by atoms with Gasteiger partial charge in [0.1, 0.15) is 0 Å². The molecule has 0 unspecified atom stereocenters. The molecule has 0 heterocycles. The van der Waals surface area contributed by atoms with Crippen molar-refractivity contribution in [2.75, 3.05) is 12.5 Å². The van der Waals surface area contributed by atoms with Crippen molar-refractivity contribution in [2.45, 2.75) is 38.2 Å². The van der Waals surface area contributed by atoms with Crippen LogP contribution in [0.2, 0.25) is 0 Å². The van der Waals surface area contributed by atoms with E-state index in [1.54, 1.807) is 0 Å². The summed E-state index contributed by atoms with van der Waals surface area (Å²) in [7, 11) is 10.3. The van der Waals surface area contributed by atoms with Crippen LogP contribution >= 0.6 is 29.7 Å². The molecule has 0 N–H and O–H groups in total. The second-order valence-corrected chi connectivity index (χ2v) is 14.0. The van der Waals surface area contributed by atoms with Crippen LogP contribution in [0.1, 0.15) is 31.9 Å². The van der Waals surface area contributed by atoms with E-state index >= 15 is 0 Å². The third kappa shape index (κ3) is 5.48. The van der Waals surface area contributed by atoms with Gasteiger partial charge in [-0.1, -0.05) is 0 Å². The summed E-state index contributed by atoms with van der Waals surface area (Å²) in [6.07, 6.45) is 4.57. The Morgan fingerprint density at radius 1 is 1.36 bits per heavy atom. The van der Waals surface area contributed by atoms with E-state index in [1.165, 1.54) is 0 Å².